The summed E-state index contributed by atoms with van der Waals surface area (Å²) in [6, 6.07) is 6.11. The Balaban J connectivity index is 1.28. The maximum atomic E-state index is 14.4. The highest BCUT2D eigenvalue weighted by atomic mass is 32.1. The molecule has 7 rings (SSSR count). The van der Waals surface area contributed by atoms with E-state index in [0.29, 0.717) is 12.5 Å². The molecule has 1 aromatic heterocycles. The average Bonchev–Trinajstić information content (AvgIpc) is 3.26. The largest absolute Gasteiger partial charge is 0.492 e. The molecule has 6 nitrogen and oxygen atoms in total. The third-order valence-corrected chi connectivity index (χ3v) is 9.64. The van der Waals surface area contributed by atoms with Gasteiger partial charge in [-0.05, 0) is 81.8 Å². The summed E-state index contributed by atoms with van der Waals surface area (Å²) >= 11 is 1.64. The molecule has 1 saturated heterocycles. The number of benzene rings is 1. The van der Waals surface area contributed by atoms with Gasteiger partial charge in [0, 0.05) is 26.2 Å². The van der Waals surface area contributed by atoms with Crippen molar-refractivity contribution in [3.8, 4) is 5.75 Å². The molecule has 2 heterocycles. The van der Waals surface area contributed by atoms with Crippen LogP contribution in [0.1, 0.15) is 51.9 Å². The minimum Gasteiger partial charge on any atom is -0.492 e. The van der Waals surface area contributed by atoms with Crippen LogP contribution in [0, 0.1) is 23.2 Å². The first kappa shape index (κ1) is 22.7. The van der Waals surface area contributed by atoms with Gasteiger partial charge in [0.05, 0.1) is 29.9 Å². The van der Waals surface area contributed by atoms with Crippen LogP contribution in [0.3, 0.4) is 0 Å². The molecule has 1 amide bonds. The van der Waals surface area contributed by atoms with Crippen LogP contribution in [0.5, 0.6) is 5.75 Å². The lowest BCUT2D eigenvalue weighted by molar-refractivity contribution is -0.143. The number of carbonyl (C=O) groups excluding carboxylic acids is 1. The van der Waals surface area contributed by atoms with Gasteiger partial charge in [0.25, 0.3) is 0 Å². The zero-order valence-electron chi connectivity index (χ0n) is 20.3. The van der Waals surface area contributed by atoms with Crippen molar-refractivity contribution in [1.29, 1.82) is 0 Å². The van der Waals surface area contributed by atoms with Crippen molar-refractivity contribution in [1.82, 2.24) is 9.88 Å². The lowest BCUT2D eigenvalue weighted by Gasteiger charge is -2.56. The number of anilines is 1. The first-order valence-electron chi connectivity index (χ1n) is 13.3. The van der Waals surface area contributed by atoms with Crippen LogP contribution in [-0.4, -0.2) is 61.8 Å². The number of amides is 1. The molecule has 4 bridgehead atoms. The van der Waals surface area contributed by atoms with E-state index in [1.165, 1.54) is 19.3 Å². The van der Waals surface area contributed by atoms with Crippen molar-refractivity contribution in [2.75, 3.05) is 50.9 Å². The Labute approximate surface area is 206 Å². The molecule has 0 radical (unpaired) electrons. The van der Waals surface area contributed by atoms with E-state index in [1.54, 1.807) is 11.3 Å². The minimum atomic E-state index is -0.158. The molecule has 1 aromatic carbocycles. The monoisotopic (exact) mass is 483 g/mol. The van der Waals surface area contributed by atoms with Gasteiger partial charge in [-0.25, -0.2) is 4.98 Å². The number of hydrogen-bond acceptors (Lipinski definition) is 6. The number of ether oxygens (including phenoxy) is 2. The molecule has 0 unspecified atom stereocenters. The van der Waals surface area contributed by atoms with Gasteiger partial charge in [0.15, 0.2) is 5.13 Å². The third-order valence-electron chi connectivity index (χ3n) is 8.60. The van der Waals surface area contributed by atoms with E-state index in [1.807, 2.05) is 19.1 Å². The zero-order chi connectivity index (χ0) is 23.1. The summed E-state index contributed by atoms with van der Waals surface area (Å²) < 4.78 is 12.5. The molecule has 34 heavy (non-hydrogen) atoms. The molecule has 5 fully saturated rings. The van der Waals surface area contributed by atoms with Gasteiger partial charge >= 0.3 is 0 Å². The standard InChI is InChI=1S/C27H37N3O3S/c1-2-33-22-5-3-6-23-24(22)28-26(34-23)30(8-4-7-29-9-11-32-12-10-29)25(31)27-16-19-13-20(17-27)15-21(14-19)18-27/h3,5-6,19-21H,2,4,7-18H2,1H3. The van der Waals surface area contributed by atoms with Crippen molar-refractivity contribution >= 4 is 32.6 Å². The fourth-order valence-corrected chi connectivity index (χ4v) is 8.53. The Bertz CT molecular complexity index is 996. The fourth-order valence-electron chi connectivity index (χ4n) is 7.52. The van der Waals surface area contributed by atoms with Crippen molar-refractivity contribution in [2.24, 2.45) is 23.2 Å². The molecule has 7 heteroatoms. The molecule has 0 atom stereocenters. The van der Waals surface area contributed by atoms with Crippen LogP contribution in [0.25, 0.3) is 10.2 Å². The summed E-state index contributed by atoms with van der Waals surface area (Å²) in [5, 5.41) is 0.852. The number of para-hydroxylation sites is 1. The smallest absolute Gasteiger partial charge is 0.235 e. The number of carbonyl (C=O) groups is 1. The van der Waals surface area contributed by atoms with Crippen LogP contribution in [0.2, 0.25) is 0 Å². The van der Waals surface area contributed by atoms with E-state index in [0.717, 1.165) is 104 Å². The number of morpholine rings is 1. The lowest BCUT2D eigenvalue weighted by Crippen LogP contribution is -2.55. The summed E-state index contributed by atoms with van der Waals surface area (Å²) in [5.74, 6) is 3.43. The van der Waals surface area contributed by atoms with Gasteiger partial charge < -0.3 is 9.47 Å². The summed E-state index contributed by atoms with van der Waals surface area (Å²) in [6.07, 6.45) is 8.28. The van der Waals surface area contributed by atoms with Crippen molar-refractivity contribution in [3.63, 3.8) is 0 Å². The van der Waals surface area contributed by atoms with E-state index in [2.05, 4.69) is 15.9 Å². The predicted octanol–water partition coefficient (Wildman–Crippen LogP) is 4.97. The number of rotatable bonds is 8. The highest BCUT2D eigenvalue weighted by Gasteiger charge is 2.56. The van der Waals surface area contributed by atoms with E-state index >= 15 is 0 Å². The predicted molar refractivity (Wildman–Crippen MR) is 136 cm³/mol. The molecule has 5 aliphatic rings. The maximum Gasteiger partial charge on any atom is 0.235 e. The van der Waals surface area contributed by atoms with Crippen LogP contribution in [-0.2, 0) is 9.53 Å². The topological polar surface area (TPSA) is 54.9 Å². The normalized spacial score (nSPS) is 30.7. The second-order valence-corrected chi connectivity index (χ2v) is 12.0. The number of hydrogen-bond donors (Lipinski definition) is 0. The summed E-state index contributed by atoms with van der Waals surface area (Å²) in [4.78, 5) is 23.9. The first-order valence-corrected chi connectivity index (χ1v) is 14.1. The highest BCUT2D eigenvalue weighted by Crippen LogP contribution is 2.60. The van der Waals surface area contributed by atoms with E-state index in [9.17, 15) is 4.79 Å². The van der Waals surface area contributed by atoms with E-state index in [4.69, 9.17) is 14.5 Å². The van der Waals surface area contributed by atoms with Gasteiger partial charge in [-0.15, -0.1) is 0 Å². The second kappa shape index (κ2) is 9.40. The molecule has 184 valence electrons. The molecule has 4 aliphatic carbocycles. The number of thiazole rings is 1. The molecular formula is C27H37N3O3S. The molecule has 0 spiro atoms. The van der Waals surface area contributed by atoms with Gasteiger partial charge in [-0.3, -0.25) is 14.6 Å². The van der Waals surface area contributed by atoms with Crippen LogP contribution in [0.4, 0.5) is 5.13 Å². The maximum absolute atomic E-state index is 14.4. The van der Waals surface area contributed by atoms with Gasteiger partial charge in [0.1, 0.15) is 11.3 Å². The summed E-state index contributed by atoms with van der Waals surface area (Å²) in [6.45, 7) is 7.96. The lowest BCUT2D eigenvalue weighted by atomic mass is 9.49. The van der Waals surface area contributed by atoms with Gasteiger partial charge in [-0.2, -0.15) is 0 Å². The number of aromatic nitrogens is 1. The summed E-state index contributed by atoms with van der Waals surface area (Å²) in [7, 11) is 0. The Morgan fingerprint density at radius 3 is 2.56 bits per heavy atom. The molecular weight excluding hydrogens is 446 g/mol. The highest BCUT2D eigenvalue weighted by molar-refractivity contribution is 7.22. The number of fused-ring (bicyclic) bond motifs is 1. The Morgan fingerprint density at radius 2 is 1.88 bits per heavy atom. The minimum absolute atomic E-state index is 0.158. The van der Waals surface area contributed by atoms with Crippen molar-refractivity contribution in [3.05, 3.63) is 18.2 Å². The van der Waals surface area contributed by atoms with Gasteiger partial charge in [-0.1, -0.05) is 17.4 Å². The van der Waals surface area contributed by atoms with Crippen LogP contribution < -0.4 is 9.64 Å². The molecule has 0 N–H and O–H groups in total. The Kier molecular flexibility index (Phi) is 6.29. The molecule has 1 aliphatic heterocycles. The van der Waals surface area contributed by atoms with E-state index in [-0.39, 0.29) is 5.41 Å². The zero-order valence-corrected chi connectivity index (χ0v) is 21.2. The van der Waals surface area contributed by atoms with Gasteiger partial charge in [0.2, 0.25) is 5.91 Å². The van der Waals surface area contributed by atoms with Crippen LogP contribution in [0.15, 0.2) is 18.2 Å². The first-order chi connectivity index (χ1) is 16.6. The molecule has 4 saturated carbocycles. The van der Waals surface area contributed by atoms with Crippen molar-refractivity contribution in [2.45, 2.75) is 51.9 Å². The van der Waals surface area contributed by atoms with Crippen LogP contribution >= 0.6 is 11.3 Å². The molecule has 2 aromatic rings. The fraction of sp³-hybridized carbons (Fsp3) is 0.704. The van der Waals surface area contributed by atoms with Crippen molar-refractivity contribution < 1.29 is 14.3 Å². The third kappa shape index (κ3) is 4.24. The Morgan fingerprint density at radius 1 is 1.18 bits per heavy atom. The number of nitrogens with zero attached hydrogens (tertiary/aromatic N) is 3. The SMILES string of the molecule is CCOc1cccc2sc(N(CCCN3CCOCC3)C(=O)C34CC5CC(CC(C5)C3)C4)nc12. The summed E-state index contributed by atoms with van der Waals surface area (Å²) in [5.41, 5.74) is 0.731. The van der Waals surface area contributed by atoms with E-state index < -0.39 is 0 Å². The quantitative estimate of drug-likeness (QED) is 0.531. The average molecular weight is 484 g/mol. The Hall–Kier alpha value is -1.70. The second-order valence-electron chi connectivity index (χ2n) is 11.0.